The molecule has 2 aromatic heterocycles. The van der Waals surface area contributed by atoms with E-state index in [0.29, 0.717) is 15.9 Å². The van der Waals surface area contributed by atoms with Crippen LogP contribution < -0.4 is 5.32 Å². The molecule has 8 heteroatoms. The monoisotopic (exact) mass is 378 g/mol. The van der Waals surface area contributed by atoms with Gasteiger partial charge in [0.05, 0.1) is 16.5 Å². The van der Waals surface area contributed by atoms with E-state index in [0.717, 1.165) is 11.4 Å². The summed E-state index contributed by atoms with van der Waals surface area (Å²) in [4.78, 5) is 13.3. The van der Waals surface area contributed by atoms with E-state index in [1.54, 1.807) is 23.5 Å². The molecule has 0 spiro atoms. The van der Waals surface area contributed by atoms with Crippen molar-refractivity contribution < 1.29 is 4.79 Å². The summed E-state index contributed by atoms with van der Waals surface area (Å²) in [6.07, 6.45) is 0. The molecule has 2 heterocycles. The second-order valence-corrected chi connectivity index (χ2v) is 7.59. The molecule has 0 saturated carbocycles. The van der Waals surface area contributed by atoms with Crippen molar-refractivity contribution in [3.8, 4) is 11.4 Å². The number of anilines is 1. The second kappa shape index (κ2) is 7.38. The van der Waals surface area contributed by atoms with E-state index in [2.05, 4.69) is 33.9 Å². The number of aryl methyl sites for hydroxylation is 1. The van der Waals surface area contributed by atoms with Crippen molar-refractivity contribution in [2.24, 2.45) is 7.05 Å². The molecule has 3 rings (SSSR count). The van der Waals surface area contributed by atoms with Crippen LogP contribution in [0.3, 0.4) is 0 Å². The van der Waals surface area contributed by atoms with Crippen molar-refractivity contribution in [3.05, 3.63) is 45.6 Å². The Hall–Kier alpha value is -1.83. The first-order chi connectivity index (χ1) is 11.5. The quantitative estimate of drug-likeness (QED) is 0.675. The van der Waals surface area contributed by atoms with Crippen LogP contribution in [0.1, 0.15) is 4.88 Å². The summed E-state index contributed by atoms with van der Waals surface area (Å²) >= 11 is 9.05. The van der Waals surface area contributed by atoms with Gasteiger partial charge in [-0.05, 0) is 25.1 Å². The number of aromatic nitrogens is 3. The zero-order valence-electron chi connectivity index (χ0n) is 13.1. The Morgan fingerprint density at radius 3 is 2.88 bits per heavy atom. The maximum atomic E-state index is 12.1. The summed E-state index contributed by atoms with van der Waals surface area (Å²) in [5.41, 5.74) is 1.65. The van der Waals surface area contributed by atoms with Crippen LogP contribution in [0.5, 0.6) is 0 Å². The third kappa shape index (κ3) is 3.80. The number of hydrogen-bond donors (Lipinski definition) is 1. The Balaban J connectivity index is 1.64. The van der Waals surface area contributed by atoms with Gasteiger partial charge in [0.1, 0.15) is 0 Å². The molecule has 1 N–H and O–H groups in total. The van der Waals surface area contributed by atoms with Crippen molar-refractivity contribution in [2.75, 3.05) is 11.1 Å². The number of carbonyl (C=O) groups is 1. The maximum Gasteiger partial charge on any atom is 0.234 e. The summed E-state index contributed by atoms with van der Waals surface area (Å²) in [5, 5.41) is 14.5. The number of rotatable bonds is 5. The molecule has 0 atom stereocenters. The molecule has 0 saturated heterocycles. The molecular formula is C16H15ClN4OS2. The van der Waals surface area contributed by atoms with Crippen molar-refractivity contribution >= 4 is 46.3 Å². The van der Waals surface area contributed by atoms with E-state index < -0.39 is 0 Å². The zero-order valence-corrected chi connectivity index (χ0v) is 15.5. The van der Waals surface area contributed by atoms with Gasteiger partial charge in [-0.25, -0.2) is 0 Å². The summed E-state index contributed by atoms with van der Waals surface area (Å²) in [6.45, 7) is 2.05. The number of benzene rings is 1. The molecule has 0 aliphatic rings. The lowest BCUT2D eigenvalue weighted by Gasteiger charge is -2.06. The lowest BCUT2D eigenvalue weighted by Crippen LogP contribution is -2.14. The number of nitrogens with zero attached hydrogens (tertiary/aromatic N) is 3. The largest absolute Gasteiger partial charge is 0.324 e. The van der Waals surface area contributed by atoms with E-state index in [4.69, 9.17) is 11.6 Å². The van der Waals surface area contributed by atoms with Crippen LogP contribution in [0.4, 0.5) is 5.69 Å². The van der Waals surface area contributed by atoms with E-state index in [1.165, 1.54) is 16.6 Å². The van der Waals surface area contributed by atoms with E-state index >= 15 is 0 Å². The normalized spacial score (nSPS) is 10.8. The highest BCUT2D eigenvalue weighted by molar-refractivity contribution is 7.99. The number of halogens is 1. The highest BCUT2D eigenvalue weighted by Crippen LogP contribution is 2.26. The first-order valence-electron chi connectivity index (χ1n) is 7.16. The number of hydrogen-bond acceptors (Lipinski definition) is 5. The van der Waals surface area contributed by atoms with Gasteiger partial charge >= 0.3 is 0 Å². The van der Waals surface area contributed by atoms with E-state index in [-0.39, 0.29) is 11.7 Å². The lowest BCUT2D eigenvalue weighted by molar-refractivity contribution is -0.113. The number of nitrogens with one attached hydrogen (secondary N) is 1. The van der Waals surface area contributed by atoms with Crippen LogP contribution in [-0.4, -0.2) is 26.4 Å². The Morgan fingerprint density at radius 1 is 1.38 bits per heavy atom. The summed E-state index contributed by atoms with van der Waals surface area (Å²) < 4.78 is 1.90. The average Bonchev–Trinajstić information content (AvgIpc) is 3.13. The zero-order chi connectivity index (χ0) is 17.1. The molecule has 0 unspecified atom stereocenters. The molecule has 0 bridgehead atoms. The fourth-order valence-electron chi connectivity index (χ4n) is 2.13. The minimum Gasteiger partial charge on any atom is -0.324 e. The molecule has 124 valence electrons. The highest BCUT2D eigenvalue weighted by atomic mass is 35.5. The Labute approximate surface area is 153 Å². The maximum absolute atomic E-state index is 12.1. The summed E-state index contributed by atoms with van der Waals surface area (Å²) in [6, 6.07) is 9.23. The molecule has 5 nitrogen and oxygen atoms in total. The SMILES string of the molecule is Cc1cc(-c2nnc(SCC(=O)Nc3ccccc3Cl)n2C)cs1. The number of para-hydroxylation sites is 1. The molecular weight excluding hydrogens is 364 g/mol. The molecule has 1 aromatic carbocycles. The standard InChI is InChI=1S/C16H15ClN4OS2/c1-10-7-11(8-23-10)15-19-20-16(21(15)2)24-9-14(22)18-13-6-4-3-5-12(13)17/h3-8H,9H2,1-2H3,(H,18,22). The molecule has 3 aromatic rings. The number of carbonyl (C=O) groups excluding carboxylic acids is 1. The van der Waals surface area contributed by atoms with Crippen LogP contribution >= 0.6 is 34.7 Å². The van der Waals surface area contributed by atoms with E-state index in [1.807, 2.05) is 23.7 Å². The smallest absolute Gasteiger partial charge is 0.234 e. The molecule has 0 radical (unpaired) electrons. The highest BCUT2D eigenvalue weighted by Gasteiger charge is 2.14. The molecule has 1 amide bonds. The predicted octanol–water partition coefficient (Wildman–Crippen LogP) is 4.24. The van der Waals surface area contributed by atoms with Gasteiger partial charge in [-0.15, -0.1) is 21.5 Å². The molecule has 0 aliphatic carbocycles. The number of amides is 1. The third-order valence-corrected chi connectivity index (χ3v) is 5.52. The van der Waals surface area contributed by atoms with Gasteiger partial charge in [-0.3, -0.25) is 4.79 Å². The third-order valence-electron chi connectivity index (χ3n) is 3.30. The predicted molar refractivity (Wildman–Crippen MR) is 99.9 cm³/mol. The Kier molecular flexibility index (Phi) is 5.23. The van der Waals surface area contributed by atoms with Crippen LogP contribution in [0.25, 0.3) is 11.4 Å². The lowest BCUT2D eigenvalue weighted by atomic mass is 10.3. The van der Waals surface area contributed by atoms with Crippen LogP contribution in [0, 0.1) is 6.92 Å². The molecule has 24 heavy (non-hydrogen) atoms. The fraction of sp³-hybridized carbons (Fsp3) is 0.188. The minimum absolute atomic E-state index is 0.135. The van der Waals surface area contributed by atoms with Crippen LogP contribution in [-0.2, 0) is 11.8 Å². The summed E-state index contributed by atoms with van der Waals surface area (Å²) in [7, 11) is 1.90. The van der Waals surface area contributed by atoms with Gasteiger partial charge in [0.25, 0.3) is 0 Å². The summed E-state index contributed by atoms with van der Waals surface area (Å²) in [5.74, 6) is 0.900. The first kappa shape index (κ1) is 17.0. The van der Waals surface area contributed by atoms with Gasteiger partial charge in [-0.1, -0.05) is 35.5 Å². The van der Waals surface area contributed by atoms with Gasteiger partial charge in [-0.2, -0.15) is 0 Å². The fourth-order valence-corrected chi connectivity index (χ4v) is 3.71. The van der Waals surface area contributed by atoms with Gasteiger partial charge < -0.3 is 9.88 Å². The minimum atomic E-state index is -0.135. The van der Waals surface area contributed by atoms with Crippen molar-refractivity contribution in [3.63, 3.8) is 0 Å². The van der Waals surface area contributed by atoms with E-state index in [9.17, 15) is 4.79 Å². The topological polar surface area (TPSA) is 59.8 Å². The van der Waals surface area contributed by atoms with Crippen molar-refractivity contribution in [1.29, 1.82) is 0 Å². The number of thiophene rings is 1. The first-order valence-corrected chi connectivity index (χ1v) is 9.41. The van der Waals surface area contributed by atoms with Crippen LogP contribution in [0.15, 0.2) is 40.9 Å². The van der Waals surface area contributed by atoms with Crippen molar-refractivity contribution in [1.82, 2.24) is 14.8 Å². The molecule has 0 fully saturated rings. The van der Waals surface area contributed by atoms with Gasteiger partial charge in [0, 0.05) is 22.9 Å². The van der Waals surface area contributed by atoms with Crippen LogP contribution in [0.2, 0.25) is 5.02 Å². The van der Waals surface area contributed by atoms with Gasteiger partial charge in [0.2, 0.25) is 5.91 Å². The molecule has 0 aliphatic heterocycles. The average molecular weight is 379 g/mol. The Bertz CT molecular complexity index is 875. The second-order valence-electron chi connectivity index (χ2n) is 5.13. The van der Waals surface area contributed by atoms with Crippen molar-refractivity contribution in [2.45, 2.75) is 12.1 Å². The number of thioether (sulfide) groups is 1. The Morgan fingerprint density at radius 2 is 2.17 bits per heavy atom. The van der Waals surface area contributed by atoms with Gasteiger partial charge in [0.15, 0.2) is 11.0 Å².